The van der Waals surface area contributed by atoms with Crippen LogP contribution in [0.5, 0.6) is 5.75 Å². The van der Waals surface area contributed by atoms with E-state index in [9.17, 15) is 8.78 Å². The van der Waals surface area contributed by atoms with E-state index in [0.29, 0.717) is 10.0 Å². The minimum Gasteiger partial charge on any atom is -0.433 e. The van der Waals surface area contributed by atoms with Crippen molar-refractivity contribution >= 4 is 40.2 Å². The van der Waals surface area contributed by atoms with E-state index in [1.54, 1.807) is 12.1 Å². The molecule has 1 unspecified atom stereocenters. The van der Waals surface area contributed by atoms with Crippen LogP contribution >= 0.6 is 34.5 Å². The minimum atomic E-state index is -2.89. The van der Waals surface area contributed by atoms with Crippen LogP contribution in [0.3, 0.4) is 0 Å². The zero-order valence-corrected chi connectivity index (χ0v) is 12.7. The van der Waals surface area contributed by atoms with Gasteiger partial charge >= 0.3 is 6.61 Å². The van der Waals surface area contributed by atoms with Crippen molar-refractivity contribution in [2.24, 2.45) is 0 Å². The number of hydrogen-bond donors (Lipinski definition) is 1. The summed E-state index contributed by atoms with van der Waals surface area (Å²) in [6.45, 7) is -0.918. The standard InChI is InChI=1S/C13H11Cl2F2NOS/c1-7(11-4-5-12(15)20-11)18-8-2-3-10(9(14)6-8)19-13(16)17/h2-7,13,18H,1H3. The van der Waals surface area contributed by atoms with Crippen LogP contribution in [0, 0.1) is 0 Å². The predicted octanol–water partition coefficient (Wildman–Crippen LogP) is 5.83. The van der Waals surface area contributed by atoms with Crippen LogP contribution in [0.4, 0.5) is 14.5 Å². The number of anilines is 1. The molecular formula is C13H11Cl2F2NOS. The molecule has 1 aromatic carbocycles. The first-order valence-corrected chi connectivity index (χ1v) is 7.29. The second-order valence-corrected chi connectivity index (χ2v) is 6.19. The molecule has 0 aliphatic rings. The molecule has 108 valence electrons. The first kappa shape index (κ1) is 15.4. The van der Waals surface area contributed by atoms with E-state index in [2.05, 4.69) is 10.1 Å². The summed E-state index contributed by atoms with van der Waals surface area (Å²) in [5.74, 6) is -0.0426. The molecule has 0 spiro atoms. The number of thiophene rings is 1. The molecule has 0 fully saturated rings. The molecule has 0 radical (unpaired) electrons. The number of hydrogen-bond acceptors (Lipinski definition) is 3. The lowest BCUT2D eigenvalue weighted by molar-refractivity contribution is -0.0497. The molecule has 0 aliphatic carbocycles. The molecule has 2 rings (SSSR count). The quantitative estimate of drug-likeness (QED) is 0.741. The molecule has 20 heavy (non-hydrogen) atoms. The molecule has 2 aromatic rings. The van der Waals surface area contributed by atoms with Gasteiger partial charge in [-0.2, -0.15) is 8.78 Å². The molecule has 0 bridgehead atoms. The van der Waals surface area contributed by atoms with Gasteiger partial charge in [-0.1, -0.05) is 23.2 Å². The van der Waals surface area contributed by atoms with Crippen molar-refractivity contribution in [3.8, 4) is 5.75 Å². The SMILES string of the molecule is CC(Nc1ccc(OC(F)F)c(Cl)c1)c1ccc(Cl)s1. The van der Waals surface area contributed by atoms with Crippen molar-refractivity contribution in [1.29, 1.82) is 0 Å². The third-order valence-electron chi connectivity index (χ3n) is 2.55. The lowest BCUT2D eigenvalue weighted by atomic mass is 10.2. The van der Waals surface area contributed by atoms with Gasteiger partial charge in [-0.25, -0.2) is 0 Å². The van der Waals surface area contributed by atoms with E-state index >= 15 is 0 Å². The third-order valence-corrected chi connectivity index (χ3v) is 4.26. The Balaban J connectivity index is 2.08. The third kappa shape index (κ3) is 3.98. The predicted molar refractivity (Wildman–Crippen MR) is 79.5 cm³/mol. The molecule has 1 atom stereocenters. The second kappa shape index (κ2) is 6.61. The second-order valence-electron chi connectivity index (χ2n) is 4.03. The maximum atomic E-state index is 12.1. The van der Waals surface area contributed by atoms with Gasteiger partial charge in [0.05, 0.1) is 15.4 Å². The monoisotopic (exact) mass is 337 g/mol. The summed E-state index contributed by atoms with van der Waals surface area (Å²) in [4.78, 5) is 1.07. The van der Waals surface area contributed by atoms with Crippen LogP contribution < -0.4 is 10.1 Å². The molecule has 1 heterocycles. The number of ether oxygens (including phenoxy) is 1. The first-order valence-electron chi connectivity index (χ1n) is 5.72. The van der Waals surface area contributed by atoms with Crippen LogP contribution in [-0.4, -0.2) is 6.61 Å². The van der Waals surface area contributed by atoms with E-state index in [-0.39, 0.29) is 16.8 Å². The fourth-order valence-electron chi connectivity index (χ4n) is 1.66. The van der Waals surface area contributed by atoms with E-state index in [1.165, 1.54) is 17.4 Å². The lowest BCUT2D eigenvalue weighted by Crippen LogP contribution is -2.06. The van der Waals surface area contributed by atoms with Gasteiger partial charge in [0, 0.05) is 10.6 Å². The Hall–Kier alpha value is -1.04. The van der Waals surface area contributed by atoms with Gasteiger partial charge in [0.2, 0.25) is 0 Å². The summed E-state index contributed by atoms with van der Waals surface area (Å²) in [7, 11) is 0. The fourth-order valence-corrected chi connectivity index (χ4v) is 2.95. The highest BCUT2D eigenvalue weighted by Gasteiger charge is 2.11. The smallest absolute Gasteiger partial charge is 0.387 e. The highest BCUT2D eigenvalue weighted by Crippen LogP contribution is 2.32. The summed E-state index contributed by atoms with van der Waals surface area (Å²) in [6.07, 6.45) is 0. The number of rotatable bonds is 5. The van der Waals surface area contributed by atoms with Gasteiger partial charge in [-0.3, -0.25) is 0 Å². The van der Waals surface area contributed by atoms with Crippen molar-refractivity contribution in [3.63, 3.8) is 0 Å². The zero-order chi connectivity index (χ0) is 14.7. The van der Waals surface area contributed by atoms with Crippen molar-refractivity contribution in [1.82, 2.24) is 0 Å². The van der Waals surface area contributed by atoms with Gasteiger partial charge in [0.25, 0.3) is 0 Å². The summed E-state index contributed by atoms with van der Waals surface area (Å²) in [5.41, 5.74) is 0.716. The molecule has 0 amide bonds. The molecule has 0 saturated heterocycles. The molecule has 0 saturated carbocycles. The van der Waals surface area contributed by atoms with Crippen molar-refractivity contribution < 1.29 is 13.5 Å². The Labute approximate surface area is 129 Å². The fraction of sp³-hybridized carbons (Fsp3) is 0.231. The van der Waals surface area contributed by atoms with Crippen LogP contribution in [0.25, 0.3) is 0 Å². The van der Waals surface area contributed by atoms with Crippen LogP contribution in [0.1, 0.15) is 17.8 Å². The van der Waals surface area contributed by atoms with Gasteiger partial charge in [-0.15, -0.1) is 11.3 Å². The lowest BCUT2D eigenvalue weighted by Gasteiger charge is -2.15. The molecule has 1 aromatic heterocycles. The number of halogens is 4. The van der Waals surface area contributed by atoms with Gasteiger partial charge < -0.3 is 10.1 Å². The Morgan fingerprint density at radius 1 is 1.20 bits per heavy atom. The molecule has 2 nitrogen and oxygen atoms in total. The highest BCUT2D eigenvalue weighted by molar-refractivity contribution is 7.16. The number of benzene rings is 1. The molecular weight excluding hydrogens is 327 g/mol. The van der Waals surface area contributed by atoms with E-state index in [0.717, 1.165) is 4.88 Å². The Morgan fingerprint density at radius 3 is 2.50 bits per heavy atom. The summed E-state index contributed by atoms with van der Waals surface area (Å²) >= 11 is 13.3. The Kier molecular flexibility index (Phi) is 5.07. The Bertz CT molecular complexity index is 592. The van der Waals surface area contributed by atoms with Crippen LogP contribution in [0.2, 0.25) is 9.36 Å². The van der Waals surface area contributed by atoms with Crippen molar-refractivity contribution in [3.05, 3.63) is 44.6 Å². The van der Waals surface area contributed by atoms with E-state index in [4.69, 9.17) is 23.2 Å². The van der Waals surface area contributed by atoms with Crippen molar-refractivity contribution in [2.45, 2.75) is 19.6 Å². The van der Waals surface area contributed by atoms with Gasteiger partial charge in [0.1, 0.15) is 5.75 Å². The first-order chi connectivity index (χ1) is 9.45. The van der Waals surface area contributed by atoms with E-state index in [1.807, 2.05) is 19.1 Å². The maximum absolute atomic E-state index is 12.1. The topological polar surface area (TPSA) is 21.3 Å². The Morgan fingerprint density at radius 2 is 1.95 bits per heavy atom. The van der Waals surface area contributed by atoms with Crippen LogP contribution in [-0.2, 0) is 0 Å². The largest absolute Gasteiger partial charge is 0.433 e. The minimum absolute atomic E-state index is 0.0328. The zero-order valence-electron chi connectivity index (χ0n) is 10.4. The van der Waals surface area contributed by atoms with Crippen LogP contribution in [0.15, 0.2) is 30.3 Å². The number of alkyl halides is 2. The summed E-state index contributed by atoms with van der Waals surface area (Å²) < 4.78 is 29.3. The van der Waals surface area contributed by atoms with Gasteiger partial charge in [-0.05, 0) is 37.3 Å². The average Bonchev–Trinajstić information content (AvgIpc) is 2.79. The summed E-state index contributed by atoms with van der Waals surface area (Å²) in [6, 6.07) is 8.38. The molecule has 7 heteroatoms. The highest BCUT2D eigenvalue weighted by atomic mass is 35.5. The average molecular weight is 338 g/mol. The maximum Gasteiger partial charge on any atom is 0.387 e. The normalized spacial score (nSPS) is 12.5. The number of nitrogens with one attached hydrogen (secondary N) is 1. The van der Waals surface area contributed by atoms with Crippen molar-refractivity contribution in [2.75, 3.05) is 5.32 Å². The molecule has 1 N–H and O–H groups in total. The summed E-state index contributed by atoms with van der Waals surface area (Å²) in [5, 5.41) is 3.35. The molecule has 0 aliphatic heterocycles. The van der Waals surface area contributed by atoms with Gasteiger partial charge in [0.15, 0.2) is 0 Å². The van der Waals surface area contributed by atoms with E-state index < -0.39 is 6.61 Å².